The third-order valence-electron chi connectivity index (χ3n) is 3.88. The average molecular weight is 296 g/mol. The highest BCUT2D eigenvalue weighted by molar-refractivity contribution is 7.89. The molecule has 2 rings (SSSR count). The molecule has 0 bridgehead atoms. The molecule has 0 spiro atoms. The summed E-state index contributed by atoms with van der Waals surface area (Å²) in [5.41, 5.74) is 1.10. The van der Waals surface area contributed by atoms with Gasteiger partial charge in [-0.25, -0.2) is 13.1 Å². The maximum atomic E-state index is 12.3. The van der Waals surface area contributed by atoms with E-state index in [-0.39, 0.29) is 12.1 Å². The molecule has 1 aromatic rings. The molecule has 112 valence electrons. The minimum absolute atomic E-state index is 0.111. The Hall–Kier alpha value is -0.910. The Balaban J connectivity index is 2.08. The normalized spacial score (nSPS) is 18.3. The lowest BCUT2D eigenvalue weighted by Crippen LogP contribution is -2.32. The summed E-state index contributed by atoms with van der Waals surface area (Å²) >= 11 is 0. The lowest BCUT2D eigenvalue weighted by atomic mass is 10.1. The highest BCUT2D eigenvalue weighted by Gasteiger charge is 2.22. The van der Waals surface area contributed by atoms with Gasteiger partial charge in [-0.15, -0.1) is 0 Å². The van der Waals surface area contributed by atoms with Crippen molar-refractivity contribution in [3.8, 4) is 0 Å². The second-order valence-corrected chi connectivity index (χ2v) is 7.17. The summed E-state index contributed by atoms with van der Waals surface area (Å²) < 4.78 is 27.3. The van der Waals surface area contributed by atoms with E-state index < -0.39 is 10.0 Å². The van der Waals surface area contributed by atoms with E-state index in [0.717, 1.165) is 37.8 Å². The SMILES string of the molecule is CCNC(C)c1ccc(S(=O)(=O)NC2CCCC2)cc1. The molecule has 2 N–H and O–H groups in total. The van der Waals surface area contributed by atoms with Crippen LogP contribution in [0.3, 0.4) is 0 Å². The first-order chi connectivity index (χ1) is 9.53. The first kappa shape index (κ1) is 15.5. The smallest absolute Gasteiger partial charge is 0.240 e. The van der Waals surface area contributed by atoms with Crippen LogP contribution in [0.2, 0.25) is 0 Å². The molecule has 0 heterocycles. The summed E-state index contributed by atoms with van der Waals surface area (Å²) in [6.45, 7) is 5.02. The Labute approximate surface area is 122 Å². The molecule has 4 nitrogen and oxygen atoms in total. The number of rotatable bonds is 6. The second-order valence-electron chi connectivity index (χ2n) is 5.45. The summed E-state index contributed by atoms with van der Waals surface area (Å²) in [5.74, 6) is 0. The van der Waals surface area contributed by atoms with Crippen molar-refractivity contribution in [3.05, 3.63) is 29.8 Å². The van der Waals surface area contributed by atoms with Gasteiger partial charge in [0.1, 0.15) is 0 Å². The molecule has 1 unspecified atom stereocenters. The molecule has 0 amide bonds. The molecule has 1 aliphatic rings. The molecule has 1 aromatic carbocycles. The Bertz CT molecular complexity index is 519. The minimum Gasteiger partial charge on any atom is -0.310 e. The van der Waals surface area contributed by atoms with Gasteiger partial charge in [0, 0.05) is 12.1 Å². The quantitative estimate of drug-likeness (QED) is 0.848. The Morgan fingerprint density at radius 2 is 1.80 bits per heavy atom. The maximum Gasteiger partial charge on any atom is 0.240 e. The van der Waals surface area contributed by atoms with Gasteiger partial charge >= 0.3 is 0 Å². The molecule has 5 heteroatoms. The molecular weight excluding hydrogens is 272 g/mol. The van der Waals surface area contributed by atoms with Crippen molar-refractivity contribution in [1.29, 1.82) is 0 Å². The van der Waals surface area contributed by atoms with Crippen LogP contribution >= 0.6 is 0 Å². The molecular formula is C15H24N2O2S. The predicted molar refractivity (Wildman–Crippen MR) is 81.1 cm³/mol. The summed E-state index contributed by atoms with van der Waals surface area (Å²) in [6.07, 6.45) is 4.14. The van der Waals surface area contributed by atoms with Crippen LogP contribution in [-0.4, -0.2) is 21.0 Å². The van der Waals surface area contributed by atoms with Crippen LogP contribution in [0.15, 0.2) is 29.2 Å². The van der Waals surface area contributed by atoms with Crippen LogP contribution in [0.25, 0.3) is 0 Å². The number of hydrogen-bond acceptors (Lipinski definition) is 3. The van der Waals surface area contributed by atoms with Gasteiger partial charge in [-0.05, 0) is 44.0 Å². The van der Waals surface area contributed by atoms with Crippen molar-refractivity contribution >= 4 is 10.0 Å². The molecule has 20 heavy (non-hydrogen) atoms. The second kappa shape index (κ2) is 6.70. The number of sulfonamides is 1. The van der Waals surface area contributed by atoms with E-state index in [1.165, 1.54) is 0 Å². The molecule has 0 aliphatic heterocycles. The van der Waals surface area contributed by atoms with Gasteiger partial charge < -0.3 is 5.32 Å². The van der Waals surface area contributed by atoms with E-state index in [2.05, 4.69) is 23.9 Å². The minimum atomic E-state index is -3.37. The van der Waals surface area contributed by atoms with Gasteiger partial charge in [0.05, 0.1) is 4.90 Å². The first-order valence-electron chi connectivity index (χ1n) is 7.38. The fourth-order valence-electron chi connectivity index (χ4n) is 2.69. The van der Waals surface area contributed by atoms with Gasteiger partial charge in [0.25, 0.3) is 0 Å². The molecule has 0 aromatic heterocycles. The van der Waals surface area contributed by atoms with Crippen molar-refractivity contribution in [2.24, 2.45) is 0 Å². The summed E-state index contributed by atoms with van der Waals surface area (Å²) in [6, 6.07) is 7.51. The summed E-state index contributed by atoms with van der Waals surface area (Å²) in [5, 5.41) is 3.31. The van der Waals surface area contributed by atoms with Crippen LogP contribution < -0.4 is 10.0 Å². The van der Waals surface area contributed by atoms with E-state index in [0.29, 0.717) is 4.90 Å². The van der Waals surface area contributed by atoms with Gasteiger partial charge in [-0.1, -0.05) is 31.9 Å². The van der Waals surface area contributed by atoms with Gasteiger partial charge in [-0.3, -0.25) is 0 Å². The molecule has 1 saturated carbocycles. The van der Waals surface area contributed by atoms with Crippen molar-refractivity contribution in [1.82, 2.24) is 10.0 Å². The summed E-state index contributed by atoms with van der Waals surface area (Å²) in [4.78, 5) is 0.358. The Morgan fingerprint density at radius 1 is 1.20 bits per heavy atom. The van der Waals surface area contributed by atoms with E-state index in [1.54, 1.807) is 12.1 Å². The van der Waals surface area contributed by atoms with Crippen LogP contribution in [0.4, 0.5) is 0 Å². The lowest BCUT2D eigenvalue weighted by Gasteiger charge is -2.15. The van der Waals surface area contributed by atoms with Crippen LogP contribution in [0, 0.1) is 0 Å². The van der Waals surface area contributed by atoms with Crippen molar-refractivity contribution < 1.29 is 8.42 Å². The van der Waals surface area contributed by atoms with Gasteiger partial charge in [-0.2, -0.15) is 0 Å². The average Bonchev–Trinajstić information content (AvgIpc) is 2.91. The van der Waals surface area contributed by atoms with Crippen LogP contribution in [0.1, 0.15) is 51.1 Å². The third-order valence-corrected chi connectivity index (χ3v) is 5.41. The predicted octanol–water partition coefficient (Wildman–Crippen LogP) is 2.58. The van der Waals surface area contributed by atoms with E-state index in [1.807, 2.05) is 12.1 Å². The van der Waals surface area contributed by atoms with Crippen molar-refractivity contribution in [2.45, 2.75) is 56.5 Å². The van der Waals surface area contributed by atoms with Crippen molar-refractivity contribution in [2.75, 3.05) is 6.54 Å². The molecule has 0 saturated heterocycles. The first-order valence-corrected chi connectivity index (χ1v) is 8.87. The maximum absolute atomic E-state index is 12.3. The zero-order valence-corrected chi connectivity index (χ0v) is 13.0. The van der Waals surface area contributed by atoms with E-state index in [9.17, 15) is 8.42 Å². The lowest BCUT2D eigenvalue weighted by molar-refractivity contribution is 0.552. The largest absolute Gasteiger partial charge is 0.310 e. The fraction of sp³-hybridized carbons (Fsp3) is 0.600. The molecule has 1 aliphatic carbocycles. The number of nitrogens with one attached hydrogen (secondary N) is 2. The standard InChI is InChI=1S/C15H24N2O2S/c1-3-16-12(2)13-8-10-15(11-9-13)20(18,19)17-14-6-4-5-7-14/h8-12,14,16-17H,3-7H2,1-2H3. The van der Waals surface area contributed by atoms with Crippen LogP contribution in [0.5, 0.6) is 0 Å². The Morgan fingerprint density at radius 3 is 2.35 bits per heavy atom. The zero-order chi connectivity index (χ0) is 14.6. The highest BCUT2D eigenvalue weighted by atomic mass is 32.2. The van der Waals surface area contributed by atoms with Gasteiger partial charge in [0.15, 0.2) is 0 Å². The molecule has 0 radical (unpaired) electrons. The topological polar surface area (TPSA) is 58.2 Å². The molecule has 1 fully saturated rings. The monoisotopic (exact) mass is 296 g/mol. The van der Waals surface area contributed by atoms with E-state index in [4.69, 9.17) is 0 Å². The zero-order valence-electron chi connectivity index (χ0n) is 12.2. The number of benzene rings is 1. The third kappa shape index (κ3) is 3.81. The van der Waals surface area contributed by atoms with Crippen LogP contribution in [-0.2, 0) is 10.0 Å². The Kier molecular flexibility index (Phi) is 5.18. The summed E-state index contributed by atoms with van der Waals surface area (Å²) in [7, 11) is -3.37. The highest BCUT2D eigenvalue weighted by Crippen LogP contribution is 2.21. The van der Waals surface area contributed by atoms with Gasteiger partial charge in [0.2, 0.25) is 10.0 Å². The van der Waals surface area contributed by atoms with E-state index >= 15 is 0 Å². The van der Waals surface area contributed by atoms with Crippen molar-refractivity contribution in [3.63, 3.8) is 0 Å². The number of hydrogen-bond donors (Lipinski definition) is 2. The molecule has 1 atom stereocenters. The fourth-order valence-corrected chi connectivity index (χ4v) is 4.00.